The summed E-state index contributed by atoms with van der Waals surface area (Å²) in [6.45, 7) is 6.08. The van der Waals surface area contributed by atoms with Crippen LogP contribution in [0, 0.1) is 0 Å². The second-order valence-corrected chi connectivity index (χ2v) is 4.85. The van der Waals surface area contributed by atoms with Gasteiger partial charge in [-0.2, -0.15) is 0 Å². The molecule has 1 fully saturated rings. The summed E-state index contributed by atoms with van der Waals surface area (Å²) in [6.07, 6.45) is 6.37. The number of nitrogens with one attached hydrogen (secondary N) is 1. The summed E-state index contributed by atoms with van der Waals surface area (Å²) >= 11 is 0. The topological polar surface area (TPSA) is 47.3 Å². The molecule has 1 aliphatic rings. The van der Waals surface area contributed by atoms with Gasteiger partial charge in [0.2, 0.25) is 0 Å². The van der Waals surface area contributed by atoms with Crippen LogP contribution in [0.3, 0.4) is 0 Å². The zero-order valence-corrected chi connectivity index (χ0v) is 10.2. The van der Waals surface area contributed by atoms with Gasteiger partial charge in [-0.15, -0.1) is 0 Å². The molecule has 2 atom stereocenters. The third-order valence-corrected chi connectivity index (χ3v) is 2.92. The molecule has 0 aromatic heterocycles. The van der Waals surface area contributed by atoms with Gasteiger partial charge >= 0.3 is 0 Å². The first-order chi connectivity index (χ1) is 7.18. The third kappa shape index (κ3) is 6.13. The minimum absolute atomic E-state index is 0.355. The van der Waals surface area contributed by atoms with Crippen molar-refractivity contribution in [3.8, 4) is 0 Å². The molecular formula is C12H26N2O. The summed E-state index contributed by atoms with van der Waals surface area (Å²) in [6, 6.07) is 1.07. The summed E-state index contributed by atoms with van der Waals surface area (Å²) in [7, 11) is 0. The lowest BCUT2D eigenvalue weighted by Crippen LogP contribution is -2.39. The number of hydrogen-bond acceptors (Lipinski definition) is 3. The van der Waals surface area contributed by atoms with Gasteiger partial charge in [-0.05, 0) is 46.1 Å². The van der Waals surface area contributed by atoms with Gasteiger partial charge in [0, 0.05) is 18.7 Å². The Hall–Kier alpha value is -0.120. The Morgan fingerprint density at radius 3 is 2.87 bits per heavy atom. The van der Waals surface area contributed by atoms with Gasteiger partial charge in [-0.25, -0.2) is 0 Å². The second-order valence-electron chi connectivity index (χ2n) is 4.85. The fourth-order valence-corrected chi connectivity index (χ4v) is 2.11. The van der Waals surface area contributed by atoms with Gasteiger partial charge in [0.15, 0.2) is 0 Å². The van der Waals surface area contributed by atoms with Gasteiger partial charge in [-0.3, -0.25) is 0 Å². The predicted molar refractivity (Wildman–Crippen MR) is 63.9 cm³/mol. The molecule has 1 aliphatic carbocycles. The van der Waals surface area contributed by atoms with E-state index in [2.05, 4.69) is 19.2 Å². The van der Waals surface area contributed by atoms with Crippen molar-refractivity contribution < 1.29 is 4.74 Å². The highest BCUT2D eigenvalue weighted by Gasteiger charge is 2.17. The SMILES string of the molecule is CC(C)OCCCNC1CCCC(N)C1. The maximum atomic E-state index is 5.93. The fourth-order valence-electron chi connectivity index (χ4n) is 2.11. The smallest absolute Gasteiger partial charge is 0.0518 e. The maximum absolute atomic E-state index is 5.93. The molecule has 0 aromatic carbocycles. The Morgan fingerprint density at radius 2 is 2.20 bits per heavy atom. The Morgan fingerprint density at radius 1 is 1.40 bits per heavy atom. The summed E-state index contributed by atoms with van der Waals surface area (Å²) in [5, 5.41) is 3.57. The van der Waals surface area contributed by atoms with Gasteiger partial charge in [-0.1, -0.05) is 6.42 Å². The molecule has 1 saturated carbocycles. The van der Waals surface area contributed by atoms with Crippen molar-refractivity contribution in [2.24, 2.45) is 5.73 Å². The monoisotopic (exact) mass is 214 g/mol. The van der Waals surface area contributed by atoms with Crippen LogP contribution < -0.4 is 11.1 Å². The minimum atomic E-state index is 0.355. The van der Waals surface area contributed by atoms with Crippen LogP contribution in [0.25, 0.3) is 0 Å². The Bertz CT molecular complexity index is 162. The first-order valence-corrected chi connectivity index (χ1v) is 6.29. The second kappa shape index (κ2) is 7.20. The molecule has 3 N–H and O–H groups in total. The van der Waals surface area contributed by atoms with E-state index in [9.17, 15) is 0 Å². The van der Waals surface area contributed by atoms with Crippen molar-refractivity contribution in [2.45, 2.75) is 64.1 Å². The molecule has 2 unspecified atom stereocenters. The van der Waals surface area contributed by atoms with E-state index in [0.717, 1.165) is 26.0 Å². The third-order valence-electron chi connectivity index (χ3n) is 2.92. The molecule has 0 aromatic rings. The van der Waals surface area contributed by atoms with E-state index in [1.165, 1.54) is 19.3 Å². The van der Waals surface area contributed by atoms with Crippen LogP contribution in [0.4, 0.5) is 0 Å². The van der Waals surface area contributed by atoms with E-state index in [4.69, 9.17) is 10.5 Å². The van der Waals surface area contributed by atoms with Crippen molar-refractivity contribution >= 4 is 0 Å². The van der Waals surface area contributed by atoms with E-state index in [0.29, 0.717) is 18.2 Å². The zero-order valence-electron chi connectivity index (χ0n) is 10.2. The predicted octanol–water partition coefficient (Wildman–Crippen LogP) is 1.66. The highest BCUT2D eigenvalue weighted by Crippen LogP contribution is 2.16. The standard InChI is InChI=1S/C12H26N2O/c1-10(2)15-8-4-7-14-12-6-3-5-11(13)9-12/h10-12,14H,3-9,13H2,1-2H3. The van der Waals surface area contributed by atoms with Crippen LogP contribution in [0.1, 0.15) is 46.0 Å². The first kappa shape index (κ1) is 12.9. The van der Waals surface area contributed by atoms with Crippen LogP contribution in [-0.4, -0.2) is 31.3 Å². The molecule has 0 saturated heterocycles. The average Bonchev–Trinajstić information content (AvgIpc) is 2.17. The van der Waals surface area contributed by atoms with Crippen LogP contribution in [0.15, 0.2) is 0 Å². The molecule has 1 rings (SSSR count). The van der Waals surface area contributed by atoms with Crippen molar-refractivity contribution in [3.63, 3.8) is 0 Å². The summed E-state index contributed by atoms with van der Waals surface area (Å²) in [5.74, 6) is 0. The minimum Gasteiger partial charge on any atom is -0.379 e. The van der Waals surface area contributed by atoms with Crippen LogP contribution in [-0.2, 0) is 4.74 Å². The van der Waals surface area contributed by atoms with Crippen LogP contribution >= 0.6 is 0 Å². The van der Waals surface area contributed by atoms with Crippen molar-refractivity contribution in [1.82, 2.24) is 5.32 Å². The number of rotatable bonds is 6. The van der Waals surface area contributed by atoms with Gasteiger partial charge in [0.1, 0.15) is 0 Å². The molecule has 3 nitrogen and oxygen atoms in total. The largest absolute Gasteiger partial charge is 0.379 e. The molecule has 15 heavy (non-hydrogen) atoms. The van der Waals surface area contributed by atoms with E-state index in [1.54, 1.807) is 0 Å². The molecule has 3 heteroatoms. The Labute approximate surface area is 93.8 Å². The number of ether oxygens (including phenoxy) is 1. The van der Waals surface area contributed by atoms with Crippen molar-refractivity contribution in [2.75, 3.05) is 13.2 Å². The number of nitrogens with two attached hydrogens (primary N) is 1. The quantitative estimate of drug-likeness (QED) is 0.661. The van der Waals surface area contributed by atoms with E-state index in [-0.39, 0.29) is 0 Å². The van der Waals surface area contributed by atoms with Crippen LogP contribution in [0.5, 0.6) is 0 Å². The van der Waals surface area contributed by atoms with Gasteiger partial charge < -0.3 is 15.8 Å². The Balaban J connectivity index is 1.95. The first-order valence-electron chi connectivity index (χ1n) is 6.29. The van der Waals surface area contributed by atoms with Gasteiger partial charge in [0.25, 0.3) is 0 Å². The lowest BCUT2D eigenvalue weighted by Gasteiger charge is -2.27. The summed E-state index contributed by atoms with van der Waals surface area (Å²) < 4.78 is 5.49. The summed E-state index contributed by atoms with van der Waals surface area (Å²) in [5.41, 5.74) is 5.93. The van der Waals surface area contributed by atoms with E-state index < -0.39 is 0 Å². The molecule has 0 spiro atoms. The van der Waals surface area contributed by atoms with Crippen molar-refractivity contribution in [3.05, 3.63) is 0 Å². The lowest BCUT2D eigenvalue weighted by molar-refractivity contribution is 0.0764. The molecule has 0 heterocycles. The maximum Gasteiger partial charge on any atom is 0.0518 e. The molecule has 90 valence electrons. The summed E-state index contributed by atoms with van der Waals surface area (Å²) in [4.78, 5) is 0. The lowest BCUT2D eigenvalue weighted by atomic mass is 9.91. The zero-order chi connectivity index (χ0) is 11.1. The van der Waals surface area contributed by atoms with Crippen molar-refractivity contribution in [1.29, 1.82) is 0 Å². The van der Waals surface area contributed by atoms with E-state index >= 15 is 0 Å². The van der Waals surface area contributed by atoms with Crippen LogP contribution in [0.2, 0.25) is 0 Å². The molecular weight excluding hydrogens is 188 g/mol. The molecule has 0 radical (unpaired) electrons. The average molecular weight is 214 g/mol. The highest BCUT2D eigenvalue weighted by atomic mass is 16.5. The normalized spacial score (nSPS) is 27.2. The molecule has 0 bridgehead atoms. The van der Waals surface area contributed by atoms with Gasteiger partial charge in [0.05, 0.1) is 6.10 Å². The molecule has 0 aliphatic heterocycles. The Kier molecular flexibility index (Phi) is 6.22. The number of hydrogen-bond donors (Lipinski definition) is 2. The van der Waals surface area contributed by atoms with E-state index in [1.807, 2.05) is 0 Å². The fraction of sp³-hybridized carbons (Fsp3) is 1.00. The molecule has 0 amide bonds. The highest BCUT2D eigenvalue weighted by molar-refractivity contribution is 4.79.